The SMILES string of the molecule is C[C@H](N)c1c(F)cccc1OCc1ccccc1Br. The van der Waals surface area contributed by atoms with Gasteiger partial charge in [0.25, 0.3) is 0 Å². The number of rotatable bonds is 4. The summed E-state index contributed by atoms with van der Waals surface area (Å²) in [6, 6.07) is 12.1. The first kappa shape index (κ1) is 14.0. The summed E-state index contributed by atoms with van der Waals surface area (Å²) in [5, 5.41) is 0. The number of hydrogen-bond donors (Lipinski definition) is 1. The van der Waals surface area contributed by atoms with Crippen LogP contribution in [0.25, 0.3) is 0 Å². The molecule has 19 heavy (non-hydrogen) atoms. The van der Waals surface area contributed by atoms with Crippen molar-refractivity contribution in [2.75, 3.05) is 0 Å². The Labute approximate surface area is 120 Å². The minimum atomic E-state index is -0.407. The van der Waals surface area contributed by atoms with E-state index in [-0.39, 0.29) is 5.82 Å². The summed E-state index contributed by atoms with van der Waals surface area (Å²) in [6.07, 6.45) is 0. The maximum atomic E-state index is 13.7. The second-order valence-electron chi connectivity index (χ2n) is 4.32. The van der Waals surface area contributed by atoms with E-state index in [4.69, 9.17) is 10.5 Å². The van der Waals surface area contributed by atoms with Crippen LogP contribution < -0.4 is 10.5 Å². The van der Waals surface area contributed by atoms with Crippen molar-refractivity contribution in [2.24, 2.45) is 5.73 Å². The summed E-state index contributed by atoms with van der Waals surface area (Å²) in [5.74, 6) is 0.158. The number of ether oxygens (including phenoxy) is 1. The smallest absolute Gasteiger partial charge is 0.131 e. The molecule has 0 amide bonds. The maximum absolute atomic E-state index is 13.7. The molecule has 1 atom stereocenters. The quantitative estimate of drug-likeness (QED) is 0.915. The van der Waals surface area contributed by atoms with Crippen molar-refractivity contribution in [3.8, 4) is 5.75 Å². The molecule has 0 saturated heterocycles. The Morgan fingerprint density at radius 2 is 1.95 bits per heavy atom. The highest BCUT2D eigenvalue weighted by molar-refractivity contribution is 9.10. The standard InChI is InChI=1S/C15H15BrFNO/c1-10(18)15-13(17)7-4-8-14(15)19-9-11-5-2-3-6-12(11)16/h2-8,10H,9,18H2,1H3/t10-/m0/s1. The molecule has 2 aromatic carbocycles. The molecule has 0 saturated carbocycles. The number of nitrogens with two attached hydrogens (primary N) is 1. The predicted octanol–water partition coefficient (Wildman–Crippen LogP) is 4.19. The minimum absolute atomic E-state index is 0.334. The lowest BCUT2D eigenvalue weighted by Crippen LogP contribution is -2.10. The lowest BCUT2D eigenvalue weighted by atomic mass is 10.1. The number of halogens is 2. The molecular formula is C15H15BrFNO. The van der Waals surface area contributed by atoms with Crippen LogP contribution in [0, 0.1) is 5.82 Å². The number of benzene rings is 2. The van der Waals surface area contributed by atoms with Gasteiger partial charge in [0.15, 0.2) is 0 Å². The van der Waals surface area contributed by atoms with Crippen LogP contribution in [-0.2, 0) is 6.61 Å². The van der Waals surface area contributed by atoms with Gasteiger partial charge in [-0.15, -0.1) is 0 Å². The lowest BCUT2D eigenvalue weighted by molar-refractivity contribution is 0.298. The third-order valence-corrected chi connectivity index (χ3v) is 3.58. The lowest BCUT2D eigenvalue weighted by Gasteiger charge is -2.15. The van der Waals surface area contributed by atoms with Gasteiger partial charge in [-0.3, -0.25) is 0 Å². The zero-order valence-corrected chi connectivity index (χ0v) is 12.2. The van der Waals surface area contributed by atoms with Crippen molar-refractivity contribution in [1.29, 1.82) is 0 Å². The molecule has 2 nitrogen and oxygen atoms in total. The van der Waals surface area contributed by atoms with E-state index in [1.54, 1.807) is 19.1 Å². The molecule has 0 aromatic heterocycles. The van der Waals surface area contributed by atoms with E-state index < -0.39 is 6.04 Å². The average molecular weight is 324 g/mol. The molecule has 2 aromatic rings. The molecule has 4 heteroatoms. The Morgan fingerprint density at radius 3 is 2.63 bits per heavy atom. The average Bonchev–Trinajstić information content (AvgIpc) is 2.37. The van der Waals surface area contributed by atoms with Gasteiger partial charge in [-0.1, -0.05) is 40.2 Å². The van der Waals surface area contributed by atoms with Gasteiger partial charge >= 0.3 is 0 Å². The van der Waals surface area contributed by atoms with Crippen molar-refractivity contribution in [1.82, 2.24) is 0 Å². The monoisotopic (exact) mass is 323 g/mol. The van der Waals surface area contributed by atoms with E-state index in [2.05, 4.69) is 15.9 Å². The van der Waals surface area contributed by atoms with Gasteiger partial charge in [0.2, 0.25) is 0 Å². The minimum Gasteiger partial charge on any atom is -0.488 e. The second kappa shape index (κ2) is 6.17. The van der Waals surface area contributed by atoms with Crippen molar-refractivity contribution in [3.63, 3.8) is 0 Å². The van der Waals surface area contributed by atoms with Gasteiger partial charge in [0.05, 0.1) is 0 Å². The molecule has 0 aliphatic heterocycles. The number of hydrogen-bond acceptors (Lipinski definition) is 2. The van der Waals surface area contributed by atoms with Crippen molar-refractivity contribution >= 4 is 15.9 Å². The third kappa shape index (κ3) is 3.33. The van der Waals surface area contributed by atoms with Gasteiger partial charge in [-0.05, 0) is 25.1 Å². The van der Waals surface area contributed by atoms with Crippen LogP contribution in [0.1, 0.15) is 24.1 Å². The molecule has 2 N–H and O–H groups in total. The third-order valence-electron chi connectivity index (χ3n) is 2.81. The first-order chi connectivity index (χ1) is 9.09. The molecule has 100 valence electrons. The molecule has 2 rings (SSSR count). The van der Waals surface area contributed by atoms with Crippen molar-refractivity contribution in [3.05, 3.63) is 63.9 Å². The fraction of sp³-hybridized carbons (Fsp3) is 0.200. The van der Waals surface area contributed by atoms with Crippen LogP contribution in [0.5, 0.6) is 5.75 Å². The van der Waals surface area contributed by atoms with E-state index in [0.717, 1.165) is 10.0 Å². The zero-order chi connectivity index (χ0) is 13.8. The molecule has 0 radical (unpaired) electrons. The predicted molar refractivity (Wildman–Crippen MR) is 77.5 cm³/mol. The zero-order valence-electron chi connectivity index (χ0n) is 10.6. The molecule has 0 bridgehead atoms. The van der Waals surface area contributed by atoms with Gasteiger partial charge < -0.3 is 10.5 Å². The Kier molecular flexibility index (Phi) is 4.56. The molecule has 0 heterocycles. The van der Waals surface area contributed by atoms with E-state index >= 15 is 0 Å². The first-order valence-electron chi connectivity index (χ1n) is 6.00. The Bertz CT molecular complexity index is 572. The van der Waals surface area contributed by atoms with Gasteiger partial charge in [-0.2, -0.15) is 0 Å². The van der Waals surface area contributed by atoms with Gasteiger partial charge in [0, 0.05) is 21.6 Å². The fourth-order valence-corrected chi connectivity index (χ4v) is 2.26. The normalized spacial score (nSPS) is 12.2. The highest BCUT2D eigenvalue weighted by atomic mass is 79.9. The fourth-order valence-electron chi connectivity index (χ4n) is 1.86. The topological polar surface area (TPSA) is 35.2 Å². The van der Waals surface area contributed by atoms with Gasteiger partial charge in [-0.25, -0.2) is 4.39 Å². The largest absolute Gasteiger partial charge is 0.488 e. The van der Waals surface area contributed by atoms with Crippen LogP contribution in [0.15, 0.2) is 46.9 Å². The van der Waals surface area contributed by atoms with Crippen LogP contribution >= 0.6 is 15.9 Å². The maximum Gasteiger partial charge on any atom is 0.131 e. The van der Waals surface area contributed by atoms with E-state index in [0.29, 0.717) is 17.9 Å². The van der Waals surface area contributed by atoms with Crippen molar-refractivity contribution < 1.29 is 9.13 Å². The Morgan fingerprint density at radius 1 is 1.21 bits per heavy atom. The first-order valence-corrected chi connectivity index (χ1v) is 6.79. The molecule has 0 aliphatic rings. The molecule has 0 unspecified atom stereocenters. The van der Waals surface area contributed by atoms with Crippen LogP contribution in [-0.4, -0.2) is 0 Å². The van der Waals surface area contributed by atoms with E-state index in [9.17, 15) is 4.39 Å². The highest BCUT2D eigenvalue weighted by Crippen LogP contribution is 2.28. The molecule has 0 spiro atoms. The van der Waals surface area contributed by atoms with Crippen LogP contribution in [0.2, 0.25) is 0 Å². The molecular weight excluding hydrogens is 309 g/mol. The van der Waals surface area contributed by atoms with Crippen LogP contribution in [0.3, 0.4) is 0 Å². The van der Waals surface area contributed by atoms with Gasteiger partial charge in [0.1, 0.15) is 18.2 Å². The molecule has 0 aliphatic carbocycles. The Hall–Kier alpha value is -1.39. The van der Waals surface area contributed by atoms with Crippen LogP contribution in [0.4, 0.5) is 4.39 Å². The summed E-state index contributed by atoms with van der Waals surface area (Å²) >= 11 is 3.45. The van der Waals surface area contributed by atoms with E-state index in [1.165, 1.54) is 6.07 Å². The highest BCUT2D eigenvalue weighted by Gasteiger charge is 2.13. The summed E-state index contributed by atoms with van der Waals surface area (Å²) in [6.45, 7) is 2.11. The summed E-state index contributed by atoms with van der Waals surface area (Å²) in [7, 11) is 0. The molecule has 0 fully saturated rings. The second-order valence-corrected chi connectivity index (χ2v) is 5.17. The Balaban J connectivity index is 2.21. The van der Waals surface area contributed by atoms with Crippen molar-refractivity contribution in [2.45, 2.75) is 19.6 Å². The summed E-state index contributed by atoms with van der Waals surface area (Å²) in [4.78, 5) is 0. The summed E-state index contributed by atoms with van der Waals surface area (Å²) < 4.78 is 20.4. The summed E-state index contributed by atoms with van der Waals surface area (Å²) in [5.41, 5.74) is 7.20. The van der Waals surface area contributed by atoms with E-state index in [1.807, 2.05) is 24.3 Å².